The van der Waals surface area contributed by atoms with E-state index in [1.807, 2.05) is 0 Å². The van der Waals surface area contributed by atoms with Crippen molar-refractivity contribution in [1.29, 1.82) is 0 Å². The monoisotopic (exact) mass is 239 g/mol. The number of nitrogens with one attached hydrogen (secondary N) is 1. The molecule has 4 unspecified atom stereocenters. The van der Waals surface area contributed by atoms with Crippen molar-refractivity contribution in [2.24, 2.45) is 17.3 Å². The van der Waals surface area contributed by atoms with Crippen molar-refractivity contribution in [3.05, 3.63) is 0 Å². The zero-order valence-electron chi connectivity index (χ0n) is 11.0. The van der Waals surface area contributed by atoms with Crippen molar-refractivity contribution in [3.8, 4) is 0 Å². The lowest BCUT2D eigenvalue weighted by Crippen LogP contribution is -2.69. The van der Waals surface area contributed by atoms with E-state index in [4.69, 9.17) is 4.74 Å². The largest absolute Gasteiger partial charge is 0.392 e. The Balaban J connectivity index is 1.54. The van der Waals surface area contributed by atoms with Crippen LogP contribution in [0.4, 0.5) is 0 Å². The molecule has 1 aliphatic heterocycles. The second kappa shape index (κ2) is 4.22. The smallest absolute Gasteiger partial charge is 0.0692 e. The van der Waals surface area contributed by atoms with Crippen LogP contribution in [-0.2, 0) is 4.74 Å². The fourth-order valence-electron chi connectivity index (χ4n) is 3.83. The molecule has 3 heteroatoms. The van der Waals surface area contributed by atoms with Gasteiger partial charge < -0.3 is 15.2 Å². The minimum absolute atomic E-state index is 0.130. The highest BCUT2D eigenvalue weighted by Crippen LogP contribution is 2.51. The molecule has 3 aliphatic rings. The van der Waals surface area contributed by atoms with Crippen LogP contribution in [0.15, 0.2) is 0 Å². The number of hydrogen-bond donors (Lipinski definition) is 2. The summed E-state index contributed by atoms with van der Waals surface area (Å²) in [6.07, 6.45) is 5.21. The van der Waals surface area contributed by atoms with Gasteiger partial charge in [0.25, 0.3) is 0 Å². The van der Waals surface area contributed by atoms with E-state index >= 15 is 0 Å². The Morgan fingerprint density at radius 3 is 2.82 bits per heavy atom. The van der Waals surface area contributed by atoms with Crippen molar-refractivity contribution in [2.75, 3.05) is 13.2 Å². The normalized spacial score (nSPS) is 41.5. The van der Waals surface area contributed by atoms with E-state index in [-0.39, 0.29) is 11.5 Å². The molecule has 2 aliphatic carbocycles. The van der Waals surface area contributed by atoms with E-state index in [2.05, 4.69) is 19.2 Å². The molecule has 0 aromatic carbocycles. The summed E-state index contributed by atoms with van der Waals surface area (Å²) < 4.78 is 5.89. The Hall–Kier alpha value is -0.120. The van der Waals surface area contributed by atoms with Crippen LogP contribution in [0.5, 0.6) is 0 Å². The Morgan fingerprint density at radius 2 is 2.12 bits per heavy atom. The minimum atomic E-state index is -0.130. The van der Waals surface area contributed by atoms with E-state index < -0.39 is 0 Å². The van der Waals surface area contributed by atoms with Crippen LogP contribution in [0.3, 0.4) is 0 Å². The van der Waals surface area contributed by atoms with Gasteiger partial charge in [0.15, 0.2) is 0 Å². The molecular formula is C14H25NO2. The van der Waals surface area contributed by atoms with Crippen LogP contribution >= 0.6 is 0 Å². The number of aliphatic hydroxyl groups excluding tert-OH is 1. The van der Waals surface area contributed by atoms with Gasteiger partial charge in [-0.05, 0) is 31.6 Å². The summed E-state index contributed by atoms with van der Waals surface area (Å²) in [5.41, 5.74) is 0.231. The zero-order valence-corrected chi connectivity index (χ0v) is 11.0. The van der Waals surface area contributed by atoms with Crippen molar-refractivity contribution >= 4 is 0 Å². The maximum absolute atomic E-state index is 9.93. The maximum Gasteiger partial charge on any atom is 0.0692 e. The highest BCUT2D eigenvalue weighted by molar-refractivity contribution is 5.10. The number of aliphatic hydroxyl groups is 1. The first kappa shape index (κ1) is 11.9. The Morgan fingerprint density at radius 1 is 1.35 bits per heavy atom. The quantitative estimate of drug-likeness (QED) is 0.782. The number of rotatable bonds is 4. The van der Waals surface area contributed by atoms with Gasteiger partial charge in [0.2, 0.25) is 0 Å². The fraction of sp³-hybridized carbons (Fsp3) is 1.00. The predicted octanol–water partition coefficient (Wildman–Crippen LogP) is 1.55. The highest BCUT2D eigenvalue weighted by Gasteiger charge is 2.57. The van der Waals surface area contributed by atoms with Gasteiger partial charge in [-0.25, -0.2) is 0 Å². The van der Waals surface area contributed by atoms with Crippen molar-refractivity contribution in [1.82, 2.24) is 5.32 Å². The molecule has 4 atom stereocenters. The predicted molar refractivity (Wildman–Crippen MR) is 66.8 cm³/mol. The maximum atomic E-state index is 9.93. The van der Waals surface area contributed by atoms with E-state index in [0.717, 1.165) is 13.2 Å². The van der Waals surface area contributed by atoms with E-state index in [9.17, 15) is 5.11 Å². The third kappa shape index (κ3) is 2.02. The zero-order chi connectivity index (χ0) is 12.0. The average Bonchev–Trinajstić information content (AvgIpc) is 3.12. The Labute approximate surface area is 104 Å². The molecule has 98 valence electrons. The summed E-state index contributed by atoms with van der Waals surface area (Å²) >= 11 is 0. The van der Waals surface area contributed by atoms with E-state index in [1.54, 1.807) is 0 Å². The molecule has 0 spiro atoms. The minimum Gasteiger partial charge on any atom is -0.392 e. The molecule has 17 heavy (non-hydrogen) atoms. The van der Waals surface area contributed by atoms with Crippen LogP contribution in [0.2, 0.25) is 0 Å². The standard InChI is InChI=1S/C14H25NO2/c1-14(2)12(10-4-3-7-17-13(10)14)15-8-11(16)9-5-6-9/h9-13,15-16H,3-8H2,1-2H3. The van der Waals surface area contributed by atoms with Crippen LogP contribution in [-0.4, -0.2) is 36.5 Å². The summed E-state index contributed by atoms with van der Waals surface area (Å²) in [6.45, 7) is 6.28. The third-order valence-corrected chi connectivity index (χ3v) is 5.04. The van der Waals surface area contributed by atoms with Crippen LogP contribution in [0, 0.1) is 17.3 Å². The van der Waals surface area contributed by atoms with Gasteiger partial charge in [0.1, 0.15) is 0 Å². The highest BCUT2D eigenvalue weighted by atomic mass is 16.5. The lowest BCUT2D eigenvalue weighted by atomic mass is 9.55. The van der Waals surface area contributed by atoms with E-state index in [0.29, 0.717) is 24.0 Å². The van der Waals surface area contributed by atoms with Crippen molar-refractivity contribution in [3.63, 3.8) is 0 Å². The molecule has 3 rings (SSSR count). The van der Waals surface area contributed by atoms with Gasteiger partial charge >= 0.3 is 0 Å². The first-order valence-electron chi connectivity index (χ1n) is 7.14. The van der Waals surface area contributed by atoms with Crippen LogP contribution < -0.4 is 5.32 Å². The molecule has 0 bridgehead atoms. The van der Waals surface area contributed by atoms with Gasteiger partial charge in [-0.1, -0.05) is 13.8 Å². The first-order chi connectivity index (χ1) is 8.10. The second-order valence-electron chi connectivity index (χ2n) is 6.71. The summed E-state index contributed by atoms with van der Waals surface area (Å²) in [7, 11) is 0. The molecular weight excluding hydrogens is 214 g/mol. The van der Waals surface area contributed by atoms with Gasteiger partial charge in [0.05, 0.1) is 12.2 Å². The number of fused-ring (bicyclic) bond motifs is 1. The van der Waals surface area contributed by atoms with E-state index in [1.165, 1.54) is 25.7 Å². The SMILES string of the molecule is CC1(C)C(NCC(O)C2CC2)C2CCCOC21. The van der Waals surface area contributed by atoms with Crippen LogP contribution in [0.1, 0.15) is 39.5 Å². The first-order valence-corrected chi connectivity index (χ1v) is 7.14. The van der Waals surface area contributed by atoms with Gasteiger partial charge in [-0.3, -0.25) is 0 Å². The summed E-state index contributed by atoms with van der Waals surface area (Å²) in [5.74, 6) is 1.24. The second-order valence-corrected chi connectivity index (χ2v) is 6.71. The molecule has 0 aromatic heterocycles. The molecule has 2 N–H and O–H groups in total. The lowest BCUT2D eigenvalue weighted by molar-refractivity contribution is -0.193. The Kier molecular flexibility index (Phi) is 2.96. The molecule has 0 aromatic rings. The number of ether oxygens (including phenoxy) is 1. The third-order valence-electron chi connectivity index (χ3n) is 5.04. The lowest BCUT2D eigenvalue weighted by Gasteiger charge is -2.60. The molecule has 1 saturated heterocycles. The summed E-state index contributed by atoms with van der Waals surface area (Å²) in [6, 6.07) is 0.529. The summed E-state index contributed by atoms with van der Waals surface area (Å²) in [5, 5.41) is 13.5. The molecule has 2 saturated carbocycles. The molecule has 3 nitrogen and oxygen atoms in total. The molecule has 3 fully saturated rings. The van der Waals surface area contributed by atoms with Gasteiger partial charge in [-0.2, -0.15) is 0 Å². The molecule has 0 amide bonds. The summed E-state index contributed by atoms with van der Waals surface area (Å²) in [4.78, 5) is 0. The van der Waals surface area contributed by atoms with Gasteiger partial charge in [-0.15, -0.1) is 0 Å². The molecule has 0 radical (unpaired) electrons. The number of hydrogen-bond acceptors (Lipinski definition) is 3. The topological polar surface area (TPSA) is 41.5 Å². The van der Waals surface area contributed by atoms with Crippen molar-refractivity contribution < 1.29 is 9.84 Å². The fourth-order valence-corrected chi connectivity index (χ4v) is 3.83. The van der Waals surface area contributed by atoms with Gasteiger partial charge in [0, 0.05) is 30.5 Å². The Bertz CT molecular complexity index is 288. The average molecular weight is 239 g/mol. The molecule has 1 heterocycles. The van der Waals surface area contributed by atoms with Crippen molar-refractivity contribution in [2.45, 2.75) is 57.8 Å². The van der Waals surface area contributed by atoms with Crippen LogP contribution in [0.25, 0.3) is 0 Å².